The van der Waals surface area contributed by atoms with Gasteiger partial charge in [0.2, 0.25) is 5.91 Å². The lowest BCUT2D eigenvalue weighted by Gasteiger charge is -2.29. The Morgan fingerprint density at radius 1 is 1.25 bits per heavy atom. The molecule has 1 atom stereocenters. The summed E-state index contributed by atoms with van der Waals surface area (Å²) in [5.74, 6) is -0.459. The van der Waals surface area contributed by atoms with Crippen molar-refractivity contribution in [2.24, 2.45) is 5.73 Å². The summed E-state index contributed by atoms with van der Waals surface area (Å²) >= 11 is 9.28. The van der Waals surface area contributed by atoms with Crippen molar-refractivity contribution in [1.82, 2.24) is 0 Å². The van der Waals surface area contributed by atoms with E-state index in [4.69, 9.17) is 17.3 Å². The van der Waals surface area contributed by atoms with Crippen LogP contribution in [0.5, 0.6) is 0 Å². The molecule has 0 radical (unpaired) electrons. The Morgan fingerprint density at radius 3 is 2.45 bits per heavy atom. The molecular weight excluding hydrogens is 340 g/mol. The summed E-state index contributed by atoms with van der Waals surface area (Å²) in [5, 5.41) is 3.80. The molecule has 0 bridgehead atoms. The Bertz CT molecular complexity index is 630. The minimum atomic E-state index is -1.01. The molecule has 0 heterocycles. The number of primary amides is 1. The molecule has 0 saturated carbocycles. The second-order valence-electron chi connectivity index (χ2n) is 4.63. The summed E-state index contributed by atoms with van der Waals surface area (Å²) in [4.78, 5) is 11.9. The molecule has 2 aromatic carbocycles. The van der Waals surface area contributed by atoms with Crippen LogP contribution in [0, 0.1) is 0 Å². The van der Waals surface area contributed by atoms with Crippen LogP contribution in [0.25, 0.3) is 0 Å². The van der Waals surface area contributed by atoms with Crippen LogP contribution in [-0.4, -0.2) is 5.91 Å². The smallest absolute Gasteiger partial charge is 0.247 e. The highest BCUT2D eigenvalue weighted by Crippen LogP contribution is 2.28. The quantitative estimate of drug-likeness (QED) is 0.875. The zero-order valence-electron chi connectivity index (χ0n) is 10.9. The van der Waals surface area contributed by atoms with Gasteiger partial charge < -0.3 is 11.1 Å². The van der Waals surface area contributed by atoms with Gasteiger partial charge in [0.05, 0.1) is 0 Å². The molecule has 1 amide bonds. The maximum Gasteiger partial charge on any atom is 0.247 e. The number of carbonyl (C=O) groups excluding carboxylic acids is 1. The molecule has 20 heavy (non-hydrogen) atoms. The van der Waals surface area contributed by atoms with E-state index in [9.17, 15) is 4.79 Å². The maximum atomic E-state index is 11.9. The van der Waals surface area contributed by atoms with E-state index in [2.05, 4.69) is 21.2 Å². The highest BCUT2D eigenvalue weighted by molar-refractivity contribution is 9.10. The van der Waals surface area contributed by atoms with Gasteiger partial charge in [-0.3, -0.25) is 4.79 Å². The van der Waals surface area contributed by atoms with Crippen molar-refractivity contribution < 1.29 is 4.79 Å². The molecule has 0 fully saturated rings. The number of rotatable bonds is 4. The normalized spacial score (nSPS) is 13.6. The zero-order valence-corrected chi connectivity index (χ0v) is 13.2. The second kappa shape index (κ2) is 5.85. The minimum Gasteiger partial charge on any atom is -0.368 e. The van der Waals surface area contributed by atoms with Gasteiger partial charge in [-0.05, 0) is 42.8 Å². The number of benzene rings is 2. The van der Waals surface area contributed by atoms with Crippen LogP contribution in [0.1, 0.15) is 12.5 Å². The molecule has 0 aliphatic rings. The first-order valence-corrected chi connectivity index (χ1v) is 7.18. The van der Waals surface area contributed by atoms with Gasteiger partial charge in [0.1, 0.15) is 5.54 Å². The first kappa shape index (κ1) is 14.9. The monoisotopic (exact) mass is 352 g/mol. The fourth-order valence-corrected chi connectivity index (χ4v) is 2.44. The predicted octanol–water partition coefficient (Wildman–Crippen LogP) is 3.92. The van der Waals surface area contributed by atoms with Crippen LogP contribution in [0.4, 0.5) is 5.69 Å². The van der Waals surface area contributed by atoms with Gasteiger partial charge in [0.25, 0.3) is 0 Å². The number of hydrogen-bond acceptors (Lipinski definition) is 2. The highest BCUT2D eigenvalue weighted by Gasteiger charge is 2.33. The Kier molecular flexibility index (Phi) is 4.35. The summed E-state index contributed by atoms with van der Waals surface area (Å²) in [7, 11) is 0. The van der Waals surface area contributed by atoms with Crippen molar-refractivity contribution in [3.63, 3.8) is 0 Å². The molecule has 0 aliphatic heterocycles. The average Bonchev–Trinajstić information content (AvgIpc) is 2.39. The van der Waals surface area contributed by atoms with Gasteiger partial charge in [-0.25, -0.2) is 0 Å². The zero-order chi connectivity index (χ0) is 14.8. The average molecular weight is 354 g/mol. The lowest BCUT2D eigenvalue weighted by molar-refractivity contribution is -0.122. The fraction of sp³-hybridized carbons (Fsp3) is 0.133. The van der Waals surface area contributed by atoms with Crippen LogP contribution in [0.2, 0.25) is 5.02 Å². The van der Waals surface area contributed by atoms with E-state index in [1.807, 2.05) is 24.3 Å². The highest BCUT2D eigenvalue weighted by atomic mass is 79.9. The number of hydrogen-bond donors (Lipinski definition) is 2. The fourth-order valence-electron chi connectivity index (χ4n) is 1.91. The van der Waals surface area contributed by atoms with Crippen molar-refractivity contribution >= 4 is 39.1 Å². The lowest BCUT2D eigenvalue weighted by atomic mass is 9.91. The van der Waals surface area contributed by atoms with Crippen molar-refractivity contribution in [2.75, 3.05) is 5.32 Å². The van der Waals surface area contributed by atoms with Crippen molar-refractivity contribution in [3.8, 4) is 0 Å². The molecule has 3 N–H and O–H groups in total. The first-order chi connectivity index (χ1) is 9.41. The standard InChI is InChI=1S/C15H14BrClN2O/c1-15(14(18)20,10-5-7-12(17)8-6-10)19-13-4-2-3-11(16)9-13/h2-9,19H,1H3,(H2,18,20). The number of nitrogens with one attached hydrogen (secondary N) is 1. The molecule has 1 unspecified atom stereocenters. The molecule has 0 aliphatic carbocycles. The third-order valence-corrected chi connectivity index (χ3v) is 3.88. The molecule has 104 valence electrons. The Morgan fingerprint density at radius 2 is 1.90 bits per heavy atom. The van der Waals surface area contributed by atoms with Crippen molar-refractivity contribution in [2.45, 2.75) is 12.5 Å². The third-order valence-electron chi connectivity index (χ3n) is 3.13. The molecule has 3 nitrogen and oxygen atoms in total. The van der Waals surface area contributed by atoms with E-state index in [0.29, 0.717) is 5.02 Å². The van der Waals surface area contributed by atoms with Gasteiger partial charge in [0.15, 0.2) is 0 Å². The summed E-state index contributed by atoms with van der Waals surface area (Å²) in [6.07, 6.45) is 0. The largest absolute Gasteiger partial charge is 0.368 e. The van der Waals surface area contributed by atoms with Crippen LogP contribution >= 0.6 is 27.5 Å². The number of amides is 1. The van der Waals surface area contributed by atoms with E-state index < -0.39 is 11.4 Å². The van der Waals surface area contributed by atoms with Gasteiger partial charge in [-0.2, -0.15) is 0 Å². The van der Waals surface area contributed by atoms with Crippen LogP contribution in [-0.2, 0) is 10.3 Å². The SMILES string of the molecule is CC(Nc1cccc(Br)c1)(C(N)=O)c1ccc(Cl)cc1. The van der Waals surface area contributed by atoms with Crippen molar-refractivity contribution in [3.05, 3.63) is 63.6 Å². The number of nitrogens with two attached hydrogens (primary N) is 1. The van der Waals surface area contributed by atoms with E-state index in [1.165, 1.54) is 0 Å². The minimum absolute atomic E-state index is 0.459. The molecule has 0 saturated heterocycles. The second-order valence-corrected chi connectivity index (χ2v) is 5.98. The Hall–Kier alpha value is -1.52. The summed E-state index contributed by atoms with van der Waals surface area (Å²) < 4.78 is 0.922. The van der Waals surface area contributed by atoms with Crippen molar-refractivity contribution in [1.29, 1.82) is 0 Å². The van der Waals surface area contributed by atoms with E-state index in [1.54, 1.807) is 31.2 Å². The summed E-state index contributed by atoms with van der Waals surface area (Å²) in [6, 6.07) is 14.6. The van der Waals surface area contributed by atoms with Gasteiger partial charge in [-0.15, -0.1) is 0 Å². The Labute approximate surface area is 131 Å². The molecule has 5 heteroatoms. The summed E-state index contributed by atoms with van der Waals surface area (Å²) in [5.41, 5.74) is 6.13. The first-order valence-electron chi connectivity index (χ1n) is 6.01. The third kappa shape index (κ3) is 3.14. The van der Waals surface area contributed by atoms with E-state index in [0.717, 1.165) is 15.7 Å². The van der Waals surface area contributed by atoms with E-state index >= 15 is 0 Å². The number of anilines is 1. The number of halogens is 2. The topological polar surface area (TPSA) is 55.1 Å². The molecule has 2 rings (SSSR count). The molecule has 0 spiro atoms. The molecular formula is C15H14BrClN2O. The van der Waals surface area contributed by atoms with E-state index in [-0.39, 0.29) is 0 Å². The van der Waals surface area contributed by atoms with Crippen LogP contribution < -0.4 is 11.1 Å². The summed E-state index contributed by atoms with van der Waals surface area (Å²) in [6.45, 7) is 1.75. The van der Waals surface area contributed by atoms with Crippen LogP contribution in [0.15, 0.2) is 53.0 Å². The van der Waals surface area contributed by atoms with Gasteiger partial charge in [0, 0.05) is 15.2 Å². The predicted molar refractivity (Wildman–Crippen MR) is 85.8 cm³/mol. The van der Waals surface area contributed by atoms with Gasteiger partial charge >= 0.3 is 0 Å². The Balaban J connectivity index is 2.39. The number of carbonyl (C=O) groups is 1. The molecule has 2 aromatic rings. The molecule has 0 aromatic heterocycles. The van der Waals surface area contributed by atoms with Gasteiger partial charge in [-0.1, -0.05) is 45.7 Å². The lowest BCUT2D eigenvalue weighted by Crippen LogP contribution is -2.45. The maximum absolute atomic E-state index is 11.9. The van der Waals surface area contributed by atoms with Crippen LogP contribution in [0.3, 0.4) is 0 Å².